The molecule has 8 heteroatoms. The van der Waals surface area contributed by atoms with Crippen molar-refractivity contribution in [3.63, 3.8) is 0 Å². The number of hydrogen-bond donors (Lipinski definition) is 4. The highest BCUT2D eigenvalue weighted by atomic mass is 32.1. The third-order valence-corrected chi connectivity index (χ3v) is 5.08. The SMILES string of the molecule is CC(C)(NC(=O)[C@@H](S)C(C)(C)C)C(=O)NC(COCc1ccccc1)C(=O)O. The zero-order valence-corrected chi connectivity index (χ0v) is 17.9. The topological polar surface area (TPSA) is 105 Å². The Labute approximate surface area is 171 Å². The number of ether oxygens (including phenoxy) is 1. The number of aliphatic carboxylic acids is 1. The number of carbonyl (C=O) groups excluding carboxylic acids is 2. The molecule has 28 heavy (non-hydrogen) atoms. The van der Waals surface area contributed by atoms with Crippen molar-refractivity contribution in [2.75, 3.05) is 6.61 Å². The zero-order chi connectivity index (χ0) is 21.5. The average molecular weight is 411 g/mol. The summed E-state index contributed by atoms with van der Waals surface area (Å²) in [5.41, 5.74) is -0.807. The van der Waals surface area contributed by atoms with Crippen LogP contribution in [0.3, 0.4) is 0 Å². The molecule has 0 saturated carbocycles. The summed E-state index contributed by atoms with van der Waals surface area (Å²) in [4.78, 5) is 36.4. The molecule has 2 atom stereocenters. The predicted octanol–water partition coefficient (Wildman–Crippen LogP) is 2.01. The summed E-state index contributed by atoms with van der Waals surface area (Å²) >= 11 is 4.31. The lowest BCUT2D eigenvalue weighted by atomic mass is 9.90. The number of rotatable bonds is 9. The molecule has 1 aromatic rings. The minimum Gasteiger partial charge on any atom is -0.480 e. The van der Waals surface area contributed by atoms with Crippen molar-refractivity contribution in [2.24, 2.45) is 5.41 Å². The molecular formula is C20H30N2O5S. The van der Waals surface area contributed by atoms with E-state index in [-0.39, 0.29) is 13.2 Å². The molecule has 0 aliphatic rings. The van der Waals surface area contributed by atoms with Crippen molar-refractivity contribution < 1.29 is 24.2 Å². The minimum absolute atomic E-state index is 0.197. The van der Waals surface area contributed by atoms with Crippen molar-refractivity contribution in [3.8, 4) is 0 Å². The van der Waals surface area contributed by atoms with Gasteiger partial charge in [-0.3, -0.25) is 9.59 Å². The van der Waals surface area contributed by atoms with Gasteiger partial charge in [0.2, 0.25) is 11.8 Å². The Morgan fingerprint density at radius 2 is 1.68 bits per heavy atom. The number of carboxylic acid groups (broad SMARTS) is 1. The maximum atomic E-state index is 12.6. The fraction of sp³-hybridized carbons (Fsp3) is 0.550. The van der Waals surface area contributed by atoms with Crippen LogP contribution < -0.4 is 10.6 Å². The van der Waals surface area contributed by atoms with Crippen LogP contribution in [0.2, 0.25) is 0 Å². The molecule has 0 heterocycles. The Kier molecular flexibility index (Phi) is 8.50. The highest BCUT2D eigenvalue weighted by molar-refractivity contribution is 7.81. The van der Waals surface area contributed by atoms with E-state index in [2.05, 4.69) is 23.3 Å². The summed E-state index contributed by atoms with van der Waals surface area (Å²) in [6.45, 7) is 8.64. The van der Waals surface area contributed by atoms with Gasteiger partial charge in [-0.15, -0.1) is 0 Å². The van der Waals surface area contributed by atoms with Crippen LogP contribution in [-0.4, -0.2) is 46.3 Å². The zero-order valence-electron chi connectivity index (χ0n) is 17.0. The Hall–Kier alpha value is -2.06. The second-order valence-electron chi connectivity index (χ2n) is 8.25. The highest BCUT2D eigenvalue weighted by Gasteiger charge is 2.36. The molecule has 0 aliphatic carbocycles. The number of hydrogen-bond acceptors (Lipinski definition) is 5. The van der Waals surface area contributed by atoms with Crippen LogP contribution >= 0.6 is 12.6 Å². The van der Waals surface area contributed by atoms with Gasteiger partial charge in [0.1, 0.15) is 5.54 Å². The third kappa shape index (κ3) is 7.52. The van der Waals surface area contributed by atoms with E-state index in [4.69, 9.17) is 4.74 Å². The first-order valence-corrected chi connectivity index (χ1v) is 9.52. The quantitative estimate of drug-likeness (QED) is 0.466. The van der Waals surface area contributed by atoms with Gasteiger partial charge in [-0.2, -0.15) is 12.6 Å². The number of carbonyl (C=O) groups is 3. The van der Waals surface area contributed by atoms with Crippen molar-refractivity contribution in [3.05, 3.63) is 35.9 Å². The molecule has 1 aromatic carbocycles. The first kappa shape index (κ1) is 24.0. The summed E-state index contributed by atoms with van der Waals surface area (Å²) in [6.07, 6.45) is 0. The standard InChI is InChI=1S/C20H30N2O5S/c1-19(2,3)15(28)16(23)22-20(4,5)18(26)21-14(17(24)25)12-27-11-13-9-7-6-8-10-13/h6-10,14-15,28H,11-12H2,1-5H3,(H,21,26)(H,22,23)(H,24,25)/t14?,15-/m1/s1. The summed E-state index contributed by atoms with van der Waals surface area (Å²) < 4.78 is 5.43. The number of nitrogens with one attached hydrogen (secondary N) is 2. The number of thiol groups is 1. The largest absolute Gasteiger partial charge is 0.480 e. The molecule has 156 valence electrons. The average Bonchev–Trinajstić information content (AvgIpc) is 2.59. The molecule has 0 aliphatic heterocycles. The monoisotopic (exact) mass is 410 g/mol. The van der Waals surface area contributed by atoms with E-state index in [1.54, 1.807) is 0 Å². The van der Waals surface area contributed by atoms with Crippen LogP contribution in [0.15, 0.2) is 30.3 Å². The van der Waals surface area contributed by atoms with Crippen LogP contribution in [0, 0.1) is 5.41 Å². The van der Waals surface area contributed by atoms with Gasteiger partial charge in [0.25, 0.3) is 0 Å². The maximum Gasteiger partial charge on any atom is 0.328 e. The van der Waals surface area contributed by atoms with Gasteiger partial charge in [-0.25, -0.2) is 4.79 Å². The number of benzene rings is 1. The molecule has 3 N–H and O–H groups in total. The number of amides is 2. The lowest BCUT2D eigenvalue weighted by molar-refractivity contribution is -0.145. The van der Waals surface area contributed by atoms with Gasteiger partial charge < -0.3 is 20.5 Å². The predicted molar refractivity (Wildman–Crippen MR) is 110 cm³/mol. The normalized spacial score (nSPS) is 14.1. The molecule has 1 rings (SSSR count). The van der Waals surface area contributed by atoms with Crippen LogP contribution in [0.25, 0.3) is 0 Å². The Morgan fingerprint density at radius 1 is 1.11 bits per heavy atom. The van der Waals surface area contributed by atoms with Crippen LogP contribution in [0.1, 0.15) is 40.2 Å². The molecule has 1 unspecified atom stereocenters. The van der Waals surface area contributed by atoms with Gasteiger partial charge in [0, 0.05) is 0 Å². The summed E-state index contributed by atoms with van der Waals surface area (Å²) in [7, 11) is 0. The smallest absolute Gasteiger partial charge is 0.328 e. The van der Waals surface area contributed by atoms with E-state index in [1.807, 2.05) is 51.1 Å². The Bertz CT molecular complexity index is 686. The summed E-state index contributed by atoms with van der Waals surface area (Å²) in [5.74, 6) is -2.24. The molecule has 0 aromatic heterocycles. The fourth-order valence-electron chi connectivity index (χ4n) is 2.21. The molecule has 2 amide bonds. The van der Waals surface area contributed by atoms with Gasteiger partial charge >= 0.3 is 5.97 Å². The lowest BCUT2D eigenvalue weighted by Crippen LogP contribution is -2.60. The van der Waals surface area contributed by atoms with E-state index in [9.17, 15) is 19.5 Å². The van der Waals surface area contributed by atoms with Crippen LogP contribution in [0.4, 0.5) is 0 Å². The van der Waals surface area contributed by atoms with Gasteiger partial charge in [-0.1, -0.05) is 51.1 Å². The van der Waals surface area contributed by atoms with Crippen LogP contribution in [0.5, 0.6) is 0 Å². The van der Waals surface area contributed by atoms with Crippen molar-refractivity contribution in [2.45, 2.75) is 58.1 Å². The highest BCUT2D eigenvalue weighted by Crippen LogP contribution is 2.24. The van der Waals surface area contributed by atoms with Gasteiger partial charge in [0.05, 0.1) is 18.5 Å². The molecule has 0 fully saturated rings. The molecule has 0 saturated heterocycles. The molecule has 0 spiro atoms. The maximum absolute atomic E-state index is 12.6. The first-order valence-electron chi connectivity index (χ1n) is 9.00. The molecular weight excluding hydrogens is 380 g/mol. The molecule has 0 bridgehead atoms. The van der Waals surface area contributed by atoms with Gasteiger partial charge in [-0.05, 0) is 24.8 Å². The second kappa shape index (κ2) is 9.93. The third-order valence-electron chi connectivity index (χ3n) is 4.07. The number of carboxylic acids is 1. The van der Waals surface area contributed by atoms with Crippen LogP contribution in [-0.2, 0) is 25.7 Å². The fourth-order valence-corrected chi connectivity index (χ4v) is 2.27. The van der Waals surface area contributed by atoms with E-state index < -0.39 is 40.0 Å². The Balaban J connectivity index is 2.66. The van der Waals surface area contributed by atoms with Crippen molar-refractivity contribution >= 4 is 30.4 Å². The van der Waals surface area contributed by atoms with E-state index in [0.29, 0.717) is 0 Å². The van der Waals surface area contributed by atoms with E-state index in [0.717, 1.165) is 5.56 Å². The minimum atomic E-state index is -1.31. The Morgan fingerprint density at radius 3 is 2.18 bits per heavy atom. The lowest BCUT2D eigenvalue weighted by Gasteiger charge is -2.31. The summed E-state index contributed by atoms with van der Waals surface area (Å²) in [6, 6.07) is 8.06. The van der Waals surface area contributed by atoms with Crippen molar-refractivity contribution in [1.29, 1.82) is 0 Å². The van der Waals surface area contributed by atoms with Gasteiger partial charge in [0.15, 0.2) is 6.04 Å². The molecule has 7 nitrogen and oxygen atoms in total. The summed E-state index contributed by atoms with van der Waals surface area (Å²) in [5, 5.41) is 13.8. The van der Waals surface area contributed by atoms with Crippen molar-refractivity contribution in [1.82, 2.24) is 10.6 Å². The first-order chi connectivity index (χ1) is 12.8. The van der Waals surface area contributed by atoms with E-state index in [1.165, 1.54) is 13.8 Å². The molecule has 0 radical (unpaired) electrons. The van der Waals surface area contributed by atoms with E-state index >= 15 is 0 Å². The second-order valence-corrected chi connectivity index (χ2v) is 8.76.